The quantitative estimate of drug-likeness (QED) is 0.590. The zero-order valence-electron chi connectivity index (χ0n) is 11.4. The maximum absolute atomic E-state index is 12.1. The summed E-state index contributed by atoms with van der Waals surface area (Å²) in [6, 6.07) is 2.52. The molecule has 0 saturated heterocycles. The van der Waals surface area contributed by atoms with Crippen molar-refractivity contribution in [3.63, 3.8) is 0 Å². The number of benzene rings is 1. The first-order chi connectivity index (χ1) is 10.0. The van der Waals surface area contributed by atoms with E-state index in [1.165, 1.54) is 6.92 Å². The number of carbonyl (C=O) groups excluding carboxylic acids is 1. The Balaban J connectivity index is 2.11. The zero-order chi connectivity index (χ0) is 15.1. The largest absolute Gasteiger partial charge is 0.454 e. The van der Waals surface area contributed by atoms with Gasteiger partial charge in [-0.2, -0.15) is 0 Å². The maximum Gasteiger partial charge on any atom is 0.252 e. The van der Waals surface area contributed by atoms with Gasteiger partial charge in [0.05, 0.1) is 24.9 Å². The van der Waals surface area contributed by atoms with E-state index in [1.54, 1.807) is 12.1 Å². The van der Waals surface area contributed by atoms with Crippen LogP contribution in [0.25, 0.3) is 0 Å². The molecule has 7 nitrogen and oxygen atoms in total. The van der Waals surface area contributed by atoms with E-state index in [2.05, 4.69) is 5.32 Å². The number of carbonyl (C=O) groups is 1. The molecular weight excluding hydrogens is 278 g/mol. The second kappa shape index (κ2) is 5.18. The van der Waals surface area contributed by atoms with Gasteiger partial charge in [0.25, 0.3) is 5.91 Å². The summed E-state index contributed by atoms with van der Waals surface area (Å²) in [6.45, 7) is 1.20. The Morgan fingerprint density at radius 3 is 2.62 bits per heavy atom. The number of ether oxygens (including phenoxy) is 2. The fourth-order valence-corrected chi connectivity index (χ4v) is 2.86. The molecule has 0 spiro atoms. The van der Waals surface area contributed by atoms with E-state index >= 15 is 0 Å². The first kappa shape index (κ1) is 14.1. The van der Waals surface area contributed by atoms with Gasteiger partial charge in [-0.25, -0.2) is 0 Å². The number of aliphatic hydroxyl groups is 3. The molecule has 0 aliphatic carbocycles. The van der Waals surface area contributed by atoms with Crippen LogP contribution in [0.4, 0.5) is 0 Å². The molecule has 1 amide bonds. The lowest BCUT2D eigenvalue weighted by Gasteiger charge is -2.37. The fourth-order valence-electron chi connectivity index (χ4n) is 2.86. The Kier molecular flexibility index (Phi) is 3.48. The molecule has 2 heterocycles. The topological polar surface area (TPSA) is 108 Å². The van der Waals surface area contributed by atoms with E-state index in [4.69, 9.17) is 9.47 Å². The summed E-state index contributed by atoms with van der Waals surface area (Å²) in [5.74, 6) is -0.0202. The van der Waals surface area contributed by atoms with Crippen LogP contribution in [-0.2, 0) is 0 Å². The number of hydrogen-bond donors (Lipinski definition) is 4. The highest BCUT2D eigenvalue weighted by Gasteiger charge is 2.40. The van der Waals surface area contributed by atoms with Crippen molar-refractivity contribution in [3.05, 3.63) is 23.3 Å². The molecule has 0 aromatic heterocycles. The fraction of sp³-hybridized carbons (Fsp3) is 0.500. The van der Waals surface area contributed by atoms with Crippen LogP contribution < -0.4 is 14.8 Å². The van der Waals surface area contributed by atoms with Crippen LogP contribution in [0.3, 0.4) is 0 Å². The van der Waals surface area contributed by atoms with Gasteiger partial charge in [0.1, 0.15) is 0 Å². The Bertz CT molecular complexity index is 573. The summed E-state index contributed by atoms with van der Waals surface area (Å²) in [7, 11) is 0. The predicted molar refractivity (Wildman–Crippen MR) is 71.3 cm³/mol. The lowest BCUT2D eigenvalue weighted by Crippen LogP contribution is -2.52. The normalized spacial score (nSPS) is 26.0. The Hall–Kier alpha value is -1.83. The number of rotatable bonds is 3. The summed E-state index contributed by atoms with van der Waals surface area (Å²) in [5.41, 5.74) is 0.893. The molecule has 21 heavy (non-hydrogen) atoms. The van der Waals surface area contributed by atoms with E-state index in [-0.39, 0.29) is 19.3 Å². The minimum Gasteiger partial charge on any atom is -0.454 e. The highest BCUT2D eigenvalue weighted by Crippen LogP contribution is 2.41. The third-order valence-corrected chi connectivity index (χ3v) is 3.96. The number of nitrogens with one attached hydrogen (secondary N) is 1. The van der Waals surface area contributed by atoms with E-state index < -0.39 is 24.2 Å². The smallest absolute Gasteiger partial charge is 0.252 e. The van der Waals surface area contributed by atoms with Crippen LogP contribution in [-0.4, -0.2) is 52.9 Å². The van der Waals surface area contributed by atoms with Gasteiger partial charge in [-0.05, 0) is 24.6 Å². The van der Waals surface area contributed by atoms with E-state index in [0.717, 1.165) is 0 Å². The summed E-state index contributed by atoms with van der Waals surface area (Å²) in [6.07, 6.45) is -2.13. The molecule has 7 heteroatoms. The molecule has 0 fully saturated rings. The summed E-state index contributed by atoms with van der Waals surface area (Å²) in [4.78, 5) is 12.1. The first-order valence-corrected chi connectivity index (χ1v) is 6.74. The number of aliphatic hydroxyl groups excluding tert-OH is 3. The van der Waals surface area contributed by atoms with Gasteiger partial charge in [-0.15, -0.1) is 0 Å². The van der Waals surface area contributed by atoms with Crippen LogP contribution in [0.2, 0.25) is 0 Å². The lowest BCUT2D eigenvalue weighted by atomic mass is 9.79. The Labute approximate surface area is 121 Å². The molecule has 0 unspecified atom stereocenters. The molecule has 4 N–H and O–H groups in total. The number of amides is 1. The van der Waals surface area contributed by atoms with Crippen molar-refractivity contribution in [2.75, 3.05) is 13.4 Å². The van der Waals surface area contributed by atoms with Crippen molar-refractivity contribution in [3.8, 4) is 11.5 Å². The standard InChI is InChI=1S/C14H17NO6/c1-6(17)13(18)12-7-2-10-11(21-5-20-10)3-8(7)14(19)15-9(12)4-16/h2-3,6,9,12-13,16-18H,4-5H2,1H3,(H,15,19)/t6-,9+,12-,13+/m1/s1. The van der Waals surface area contributed by atoms with Crippen LogP contribution >= 0.6 is 0 Å². The van der Waals surface area contributed by atoms with Crippen molar-refractivity contribution in [1.29, 1.82) is 0 Å². The van der Waals surface area contributed by atoms with Crippen molar-refractivity contribution in [2.45, 2.75) is 31.1 Å². The lowest BCUT2D eigenvalue weighted by molar-refractivity contribution is -0.00192. The van der Waals surface area contributed by atoms with Crippen molar-refractivity contribution in [2.24, 2.45) is 0 Å². The van der Waals surface area contributed by atoms with Crippen molar-refractivity contribution < 1.29 is 29.6 Å². The van der Waals surface area contributed by atoms with Crippen LogP contribution in [0.15, 0.2) is 12.1 Å². The minimum atomic E-state index is -1.12. The highest BCUT2D eigenvalue weighted by molar-refractivity contribution is 5.98. The minimum absolute atomic E-state index is 0.0763. The van der Waals surface area contributed by atoms with Gasteiger partial charge in [0.2, 0.25) is 6.79 Å². The van der Waals surface area contributed by atoms with E-state index in [9.17, 15) is 20.1 Å². The molecule has 2 aliphatic rings. The summed E-state index contributed by atoms with van der Waals surface area (Å²) in [5, 5.41) is 32.0. The van der Waals surface area contributed by atoms with Gasteiger partial charge < -0.3 is 30.1 Å². The van der Waals surface area contributed by atoms with Gasteiger partial charge in [0.15, 0.2) is 11.5 Å². The molecule has 4 atom stereocenters. The van der Waals surface area contributed by atoms with Crippen molar-refractivity contribution >= 4 is 5.91 Å². The number of fused-ring (bicyclic) bond motifs is 2. The highest BCUT2D eigenvalue weighted by atomic mass is 16.7. The molecule has 0 radical (unpaired) electrons. The number of hydrogen-bond acceptors (Lipinski definition) is 6. The first-order valence-electron chi connectivity index (χ1n) is 6.74. The third kappa shape index (κ3) is 2.23. The third-order valence-electron chi connectivity index (χ3n) is 3.96. The van der Waals surface area contributed by atoms with Crippen LogP contribution in [0, 0.1) is 0 Å². The van der Waals surface area contributed by atoms with Crippen LogP contribution in [0.1, 0.15) is 28.8 Å². The Morgan fingerprint density at radius 2 is 2.00 bits per heavy atom. The molecule has 1 aromatic carbocycles. The van der Waals surface area contributed by atoms with Gasteiger partial charge in [0, 0.05) is 11.5 Å². The van der Waals surface area contributed by atoms with Crippen molar-refractivity contribution in [1.82, 2.24) is 5.32 Å². The summed E-state index contributed by atoms with van der Waals surface area (Å²) < 4.78 is 10.5. The average Bonchev–Trinajstić information content (AvgIpc) is 2.91. The molecule has 114 valence electrons. The van der Waals surface area contributed by atoms with Crippen LogP contribution in [0.5, 0.6) is 11.5 Å². The summed E-state index contributed by atoms with van der Waals surface area (Å²) >= 11 is 0. The second-order valence-corrected chi connectivity index (χ2v) is 5.31. The van der Waals surface area contributed by atoms with Gasteiger partial charge in [-0.1, -0.05) is 0 Å². The van der Waals surface area contributed by atoms with E-state index in [1.807, 2.05) is 0 Å². The molecular formula is C14H17NO6. The predicted octanol–water partition coefficient (Wildman–Crippen LogP) is -0.655. The van der Waals surface area contributed by atoms with E-state index in [0.29, 0.717) is 22.6 Å². The molecule has 2 aliphatic heterocycles. The SMILES string of the molecule is C[C@@H](O)[C@H](O)[C@@H]1c2cc3c(cc2C(=O)N[C@H]1CO)OCO3. The van der Waals surface area contributed by atoms with Gasteiger partial charge in [-0.3, -0.25) is 4.79 Å². The molecule has 0 bridgehead atoms. The zero-order valence-corrected chi connectivity index (χ0v) is 11.4. The molecule has 0 saturated carbocycles. The molecule has 1 aromatic rings. The second-order valence-electron chi connectivity index (χ2n) is 5.31. The molecule has 3 rings (SSSR count). The maximum atomic E-state index is 12.1. The van der Waals surface area contributed by atoms with Gasteiger partial charge >= 0.3 is 0 Å². The monoisotopic (exact) mass is 295 g/mol. The average molecular weight is 295 g/mol. The Morgan fingerprint density at radius 1 is 1.33 bits per heavy atom.